The van der Waals surface area contributed by atoms with Crippen LogP contribution in [0.25, 0.3) is 11.0 Å². The van der Waals surface area contributed by atoms with Crippen LogP contribution in [0.4, 0.5) is 0 Å². The average Bonchev–Trinajstić information content (AvgIpc) is 3.29. The molecule has 1 aromatic carbocycles. The number of pyridine rings is 1. The van der Waals surface area contributed by atoms with Gasteiger partial charge in [0.2, 0.25) is 0 Å². The van der Waals surface area contributed by atoms with Crippen LogP contribution in [0, 0.1) is 6.92 Å². The molecule has 3 atom stereocenters. The summed E-state index contributed by atoms with van der Waals surface area (Å²) in [4.78, 5) is 12.9. The van der Waals surface area contributed by atoms with Crippen LogP contribution in [0.1, 0.15) is 85.9 Å². The monoisotopic (exact) mass is 391 g/mol. The summed E-state index contributed by atoms with van der Waals surface area (Å²) in [5, 5.41) is 9.65. The molecule has 5 heteroatoms. The number of fused-ring (bicyclic) bond motifs is 3. The van der Waals surface area contributed by atoms with Crippen LogP contribution in [0.3, 0.4) is 0 Å². The molecular weight excluding hydrogens is 362 g/mol. The molecule has 0 bridgehead atoms. The lowest BCUT2D eigenvalue weighted by Gasteiger charge is -2.08. The van der Waals surface area contributed by atoms with Crippen molar-refractivity contribution >= 4 is 11.0 Å². The Bertz CT molecular complexity index is 986. The Morgan fingerprint density at radius 2 is 1.59 bits per heavy atom. The molecule has 0 saturated heterocycles. The van der Waals surface area contributed by atoms with Crippen molar-refractivity contribution in [1.29, 1.82) is 0 Å². The van der Waals surface area contributed by atoms with E-state index >= 15 is 0 Å². The third kappa shape index (κ3) is 3.60. The van der Waals surface area contributed by atoms with Crippen molar-refractivity contribution in [2.75, 3.05) is 0 Å². The highest BCUT2D eigenvalue weighted by Crippen LogP contribution is 2.45. The minimum atomic E-state index is 0.00157. The number of hydrogen-bond acceptors (Lipinski definition) is 5. The molecule has 3 aromatic rings. The summed E-state index contributed by atoms with van der Waals surface area (Å²) >= 11 is 0. The lowest BCUT2D eigenvalue weighted by Crippen LogP contribution is -1.92. The predicted molar refractivity (Wildman–Crippen MR) is 114 cm³/mol. The van der Waals surface area contributed by atoms with Crippen LogP contribution in [0.5, 0.6) is 5.75 Å². The molecule has 1 aliphatic heterocycles. The van der Waals surface area contributed by atoms with Gasteiger partial charge in [-0.25, -0.2) is 0 Å². The van der Waals surface area contributed by atoms with Crippen LogP contribution in [-0.4, -0.2) is 20.1 Å². The molecule has 0 radical (unpaired) electrons. The number of nitrogens with zero attached hydrogens (tertiary/aromatic N) is 3. The predicted octanol–water partition coefficient (Wildman–Crippen LogP) is 5.71. The number of aromatic nitrogens is 3. The normalized spacial score (nSPS) is 22.1. The van der Waals surface area contributed by atoms with E-state index in [4.69, 9.17) is 4.74 Å². The standard InChI is InChI=1S/C15H18N2.C9H11NO2/c1-3-10-7-11(4-2)13-9-15-14(8-12(10)13)16-5-6-17-15;1-5-9(11)8-6(2)12-4-7(8)3-10-5/h5-6,8-11H,3-4,7H2,1-2H3;3,6,11H,4H2,1-2H3. The lowest BCUT2D eigenvalue weighted by molar-refractivity contribution is 0.0785. The van der Waals surface area contributed by atoms with Crippen LogP contribution in [0.15, 0.2) is 30.7 Å². The summed E-state index contributed by atoms with van der Waals surface area (Å²) in [7, 11) is 0. The number of aromatic hydroxyl groups is 1. The van der Waals surface area contributed by atoms with E-state index in [2.05, 4.69) is 40.9 Å². The van der Waals surface area contributed by atoms with Gasteiger partial charge in [-0.05, 0) is 68.2 Å². The summed E-state index contributed by atoms with van der Waals surface area (Å²) in [5.74, 6) is 1.74. The molecule has 3 unspecified atom stereocenters. The van der Waals surface area contributed by atoms with E-state index in [0.717, 1.165) is 34.0 Å². The molecule has 3 heterocycles. The lowest BCUT2D eigenvalue weighted by atomic mass is 9.98. The smallest absolute Gasteiger partial charge is 0.142 e. The number of benzene rings is 1. The second kappa shape index (κ2) is 8.07. The first-order chi connectivity index (χ1) is 14.0. The maximum atomic E-state index is 9.65. The number of aryl methyl sites for hydroxylation is 1. The van der Waals surface area contributed by atoms with Gasteiger partial charge >= 0.3 is 0 Å². The molecular formula is C24H29N3O2. The third-order valence-electron chi connectivity index (χ3n) is 6.36. The number of hydrogen-bond donors (Lipinski definition) is 1. The Kier molecular flexibility index (Phi) is 5.50. The van der Waals surface area contributed by atoms with Crippen molar-refractivity contribution in [1.82, 2.24) is 15.0 Å². The van der Waals surface area contributed by atoms with Gasteiger partial charge in [0.05, 0.1) is 29.4 Å². The van der Waals surface area contributed by atoms with Gasteiger partial charge in [0.1, 0.15) is 5.75 Å². The molecule has 1 N–H and O–H groups in total. The van der Waals surface area contributed by atoms with Gasteiger partial charge in [0.25, 0.3) is 0 Å². The van der Waals surface area contributed by atoms with E-state index in [1.54, 1.807) is 25.5 Å². The van der Waals surface area contributed by atoms with Crippen molar-refractivity contribution in [3.63, 3.8) is 0 Å². The van der Waals surface area contributed by atoms with Gasteiger partial charge < -0.3 is 9.84 Å². The van der Waals surface area contributed by atoms with E-state index in [9.17, 15) is 5.11 Å². The topological polar surface area (TPSA) is 68.1 Å². The Morgan fingerprint density at radius 1 is 1.00 bits per heavy atom. The summed E-state index contributed by atoms with van der Waals surface area (Å²) in [6.45, 7) is 8.86. The van der Waals surface area contributed by atoms with Crippen LogP contribution in [0.2, 0.25) is 0 Å². The summed E-state index contributed by atoms with van der Waals surface area (Å²) in [6, 6.07) is 4.53. The molecule has 0 amide bonds. The van der Waals surface area contributed by atoms with E-state index in [0.29, 0.717) is 12.3 Å². The first-order valence-electron chi connectivity index (χ1n) is 10.6. The number of rotatable bonds is 2. The molecule has 0 spiro atoms. The fraction of sp³-hybridized carbons (Fsp3) is 0.458. The van der Waals surface area contributed by atoms with Crippen molar-refractivity contribution in [3.8, 4) is 5.75 Å². The highest BCUT2D eigenvalue weighted by atomic mass is 16.5. The van der Waals surface area contributed by atoms with E-state index in [1.165, 1.54) is 30.4 Å². The molecule has 1 aliphatic carbocycles. The molecule has 152 valence electrons. The minimum Gasteiger partial charge on any atom is -0.506 e. The van der Waals surface area contributed by atoms with Crippen molar-refractivity contribution in [3.05, 3.63) is 58.7 Å². The Labute approximate surface area is 172 Å². The van der Waals surface area contributed by atoms with E-state index < -0.39 is 0 Å². The number of ether oxygens (including phenoxy) is 1. The highest BCUT2D eigenvalue weighted by molar-refractivity contribution is 5.77. The zero-order valence-corrected chi connectivity index (χ0v) is 17.6. The van der Waals surface area contributed by atoms with Gasteiger partial charge in [0.15, 0.2) is 0 Å². The maximum absolute atomic E-state index is 9.65. The Balaban J connectivity index is 0.000000150. The third-order valence-corrected chi connectivity index (χ3v) is 6.36. The van der Waals surface area contributed by atoms with Gasteiger partial charge in [0, 0.05) is 29.7 Å². The quantitative estimate of drug-likeness (QED) is 0.606. The molecule has 2 aromatic heterocycles. The molecule has 5 rings (SSSR count). The second-order valence-corrected chi connectivity index (χ2v) is 8.06. The van der Waals surface area contributed by atoms with Crippen LogP contribution >= 0.6 is 0 Å². The zero-order chi connectivity index (χ0) is 20.5. The SMILES string of the molecule is CCC1CC(CC)c2cc3nccnc3cc21.Cc1ncc2c(c1O)C(C)OC2. The fourth-order valence-corrected chi connectivity index (χ4v) is 4.64. The second-order valence-electron chi connectivity index (χ2n) is 8.06. The molecule has 0 fully saturated rings. The van der Waals surface area contributed by atoms with E-state index in [1.807, 2.05) is 6.92 Å². The van der Waals surface area contributed by atoms with Crippen molar-refractivity contribution < 1.29 is 9.84 Å². The minimum absolute atomic E-state index is 0.00157. The van der Waals surface area contributed by atoms with Gasteiger partial charge in [-0.1, -0.05) is 13.8 Å². The van der Waals surface area contributed by atoms with Crippen molar-refractivity contribution in [2.24, 2.45) is 0 Å². The average molecular weight is 392 g/mol. The summed E-state index contributed by atoms with van der Waals surface area (Å²) in [6.07, 6.45) is 9.10. The molecule has 29 heavy (non-hydrogen) atoms. The summed E-state index contributed by atoms with van der Waals surface area (Å²) < 4.78 is 5.36. The fourth-order valence-electron chi connectivity index (χ4n) is 4.64. The van der Waals surface area contributed by atoms with Gasteiger partial charge in [-0.15, -0.1) is 0 Å². The largest absolute Gasteiger partial charge is 0.506 e. The van der Waals surface area contributed by atoms with Gasteiger partial charge in [-0.2, -0.15) is 0 Å². The molecule has 5 nitrogen and oxygen atoms in total. The zero-order valence-electron chi connectivity index (χ0n) is 17.6. The molecule has 0 saturated carbocycles. The van der Waals surface area contributed by atoms with Crippen molar-refractivity contribution in [2.45, 2.75) is 71.5 Å². The van der Waals surface area contributed by atoms with Crippen LogP contribution < -0.4 is 0 Å². The van der Waals surface area contributed by atoms with E-state index in [-0.39, 0.29) is 11.9 Å². The Morgan fingerprint density at radius 3 is 2.14 bits per heavy atom. The maximum Gasteiger partial charge on any atom is 0.142 e. The first kappa shape index (κ1) is 19.8. The Hall–Kier alpha value is -2.53. The van der Waals surface area contributed by atoms with Gasteiger partial charge in [-0.3, -0.25) is 15.0 Å². The molecule has 2 aliphatic rings. The van der Waals surface area contributed by atoms with Crippen LogP contribution in [-0.2, 0) is 11.3 Å². The highest BCUT2D eigenvalue weighted by Gasteiger charge is 2.29. The first-order valence-corrected chi connectivity index (χ1v) is 10.6. The summed E-state index contributed by atoms with van der Waals surface area (Å²) in [5.41, 5.74) is 7.71.